The van der Waals surface area contributed by atoms with Crippen LogP contribution in [0, 0.1) is 0 Å². The number of hydrogen-bond donors (Lipinski definition) is 0. The lowest BCUT2D eigenvalue weighted by molar-refractivity contribution is 0.109. The molecule has 0 aliphatic rings. The molecule has 2 rings (SSSR count). The summed E-state index contributed by atoms with van der Waals surface area (Å²) in [5, 5.41) is 6.98. The molecular weight excluding hydrogens is 228 g/mol. The third-order valence-corrected chi connectivity index (χ3v) is 2.29. The molecule has 2 aromatic rings. The summed E-state index contributed by atoms with van der Waals surface area (Å²) in [6.45, 7) is 0.168. The second-order valence-electron chi connectivity index (χ2n) is 3.42. The van der Waals surface area contributed by atoms with E-state index in [1.54, 1.807) is 24.3 Å². The molecule has 1 aromatic carbocycles. The number of aldehydes is 1. The highest BCUT2D eigenvalue weighted by Gasteiger charge is 2.21. The highest BCUT2D eigenvalue weighted by atomic mass is 19.3. The summed E-state index contributed by atoms with van der Waals surface area (Å²) >= 11 is 0. The standard InChI is InChI=1S/C11H9F2N3O/c12-11(13)10-9(7-17)14-15-16(10)6-8-4-2-1-3-5-8/h1-5,7,11H,6H2. The molecule has 17 heavy (non-hydrogen) atoms. The van der Waals surface area contributed by atoms with Gasteiger partial charge in [0, 0.05) is 0 Å². The molecule has 0 amide bonds. The maximum Gasteiger partial charge on any atom is 0.282 e. The van der Waals surface area contributed by atoms with Gasteiger partial charge in [0.25, 0.3) is 6.43 Å². The average Bonchev–Trinajstić information content (AvgIpc) is 2.73. The van der Waals surface area contributed by atoms with Crippen LogP contribution in [0.3, 0.4) is 0 Å². The van der Waals surface area contributed by atoms with Crippen LogP contribution in [0.15, 0.2) is 30.3 Å². The van der Waals surface area contributed by atoms with Gasteiger partial charge in [-0.15, -0.1) is 5.10 Å². The summed E-state index contributed by atoms with van der Waals surface area (Å²) in [6.07, 6.45) is -2.48. The summed E-state index contributed by atoms with van der Waals surface area (Å²) in [5.74, 6) is 0. The summed E-state index contributed by atoms with van der Waals surface area (Å²) in [7, 11) is 0. The number of aromatic nitrogens is 3. The lowest BCUT2D eigenvalue weighted by atomic mass is 10.2. The van der Waals surface area contributed by atoms with Crippen molar-refractivity contribution < 1.29 is 13.6 Å². The van der Waals surface area contributed by atoms with E-state index in [-0.39, 0.29) is 18.5 Å². The van der Waals surface area contributed by atoms with Crippen molar-refractivity contribution >= 4 is 6.29 Å². The molecule has 1 aromatic heterocycles. The number of nitrogens with zero attached hydrogens (tertiary/aromatic N) is 3. The van der Waals surface area contributed by atoms with Crippen LogP contribution in [0.4, 0.5) is 8.78 Å². The van der Waals surface area contributed by atoms with Crippen molar-refractivity contribution in [1.82, 2.24) is 15.0 Å². The van der Waals surface area contributed by atoms with Crippen LogP contribution in [0.5, 0.6) is 0 Å². The molecule has 0 radical (unpaired) electrons. The number of rotatable bonds is 4. The molecule has 0 spiro atoms. The van der Waals surface area contributed by atoms with Gasteiger partial charge in [-0.05, 0) is 5.56 Å². The largest absolute Gasteiger partial charge is 0.296 e. The quantitative estimate of drug-likeness (QED) is 0.765. The highest BCUT2D eigenvalue weighted by Crippen LogP contribution is 2.21. The minimum absolute atomic E-state index is 0.168. The van der Waals surface area contributed by atoms with Gasteiger partial charge >= 0.3 is 0 Å². The molecule has 0 aliphatic heterocycles. The molecule has 0 atom stereocenters. The van der Waals surface area contributed by atoms with E-state index in [0.717, 1.165) is 10.2 Å². The maximum absolute atomic E-state index is 12.8. The van der Waals surface area contributed by atoms with Crippen LogP contribution in [0.2, 0.25) is 0 Å². The van der Waals surface area contributed by atoms with Gasteiger partial charge in [-0.25, -0.2) is 13.5 Å². The molecule has 0 saturated carbocycles. The average molecular weight is 237 g/mol. The number of benzene rings is 1. The molecule has 0 aliphatic carbocycles. The summed E-state index contributed by atoms with van der Waals surface area (Å²) in [4.78, 5) is 10.5. The Bertz CT molecular complexity index is 511. The Labute approximate surface area is 95.9 Å². The molecule has 0 bridgehead atoms. The van der Waals surface area contributed by atoms with Crippen molar-refractivity contribution in [2.24, 2.45) is 0 Å². The van der Waals surface area contributed by atoms with Crippen LogP contribution >= 0.6 is 0 Å². The van der Waals surface area contributed by atoms with Gasteiger partial charge in [-0.3, -0.25) is 4.79 Å². The Hall–Kier alpha value is -2.11. The molecule has 4 nitrogen and oxygen atoms in total. The monoisotopic (exact) mass is 237 g/mol. The summed E-state index contributed by atoms with van der Waals surface area (Å²) < 4.78 is 26.5. The van der Waals surface area contributed by atoms with Crippen LogP contribution in [-0.2, 0) is 6.54 Å². The molecule has 0 unspecified atom stereocenters. The first-order chi connectivity index (χ1) is 8.22. The van der Waals surface area contributed by atoms with Crippen molar-refractivity contribution in [3.8, 4) is 0 Å². The van der Waals surface area contributed by atoms with Gasteiger partial charge in [0.2, 0.25) is 0 Å². The third kappa shape index (κ3) is 2.35. The molecule has 6 heteroatoms. The molecular formula is C11H9F2N3O. The van der Waals surface area contributed by atoms with E-state index in [2.05, 4.69) is 10.3 Å². The zero-order valence-electron chi connectivity index (χ0n) is 8.75. The van der Waals surface area contributed by atoms with E-state index in [0.29, 0.717) is 0 Å². The van der Waals surface area contributed by atoms with Gasteiger partial charge < -0.3 is 0 Å². The van der Waals surface area contributed by atoms with Crippen molar-refractivity contribution in [2.45, 2.75) is 13.0 Å². The van der Waals surface area contributed by atoms with Gasteiger partial charge in [-0.1, -0.05) is 35.5 Å². The van der Waals surface area contributed by atoms with Gasteiger partial charge in [0.15, 0.2) is 12.0 Å². The number of carbonyl (C=O) groups excluding carboxylic acids is 1. The molecule has 1 heterocycles. The summed E-state index contributed by atoms with van der Waals surface area (Å²) in [6, 6.07) is 9.01. The molecule has 88 valence electrons. The van der Waals surface area contributed by atoms with Crippen molar-refractivity contribution in [3.05, 3.63) is 47.3 Å². The first kappa shape index (κ1) is 11.4. The van der Waals surface area contributed by atoms with E-state index >= 15 is 0 Å². The van der Waals surface area contributed by atoms with Crippen LogP contribution in [0.25, 0.3) is 0 Å². The van der Waals surface area contributed by atoms with Crippen molar-refractivity contribution in [3.63, 3.8) is 0 Å². The first-order valence-corrected chi connectivity index (χ1v) is 4.93. The SMILES string of the molecule is O=Cc1nnn(Cc2ccccc2)c1C(F)F. The molecule has 0 N–H and O–H groups in total. The fraction of sp³-hybridized carbons (Fsp3) is 0.182. The fourth-order valence-corrected chi connectivity index (χ4v) is 1.52. The first-order valence-electron chi connectivity index (χ1n) is 4.93. The second-order valence-corrected chi connectivity index (χ2v) is 3.42. The van der Waals surface area contributed by atoms with Crippen LogP contribution < -0.4 is 0 Å². The highest BCUT2D eigenvalue weighted by molar-refractivity contribution is 5.73. The zero-order valence-corrected chi connectivity index (χ0v) is 8.75. The fourth-order valence-electron chi connectivity index (χ4n) is 1.52. The Morgan fingerprint density at radius 3 is 2.59 bits per heavy atom. The number of carbonyl (C=O) groups is 1. The van der Waals surface area contributed by atoms with Gasteiger partial charge in [0.1, 0.15) is 5.69 Å². The maximum atomic E-state index is 12.8. The molecule has 0 fully saturated rings. The smallest absolute Gasteiger partial charge is 0.282 e. The number of halogens is 2. The Balaban J connectivity index is 2.33. The Morgan fingerprint density at radius 2 is 2.00 bits per heavy atom. The predicted octanol–water partition coefficient (Wildman–Crippen LogP) is 2.08. The lowest BCUT2D eigenvalue weighted by Crippen LogP contribution is -2.07. The molecule has 0 saturated heterocycles. The van der Waals surface area contributed by atoms with Crippen molar-refractivity contribution in [1.29, 1.82) is 0 Å². The van der Waals surface area contributed by atoms with Gasteiger partial charge in [-0.2, -0.15) is 0 Å². The zero-order chi connectivity index (χ0) is 12.3. The van der Waals surface area contributed by atoms with E-state index in [4.69, 9.17) is 0 Å². The van der Waals surface area contributed by atoms with E-state index in [1.165, 1.54) is 0 Å². The van der Waals surface area contributed by atoms with Gasteiger partial charge in [0.05, 0.1) is 6.54 Å². The van der Waals surface area contributed by atoms with Crippen LogP contribution in [-0.4, -0.2) is 21.3 Å². The van der Waals surface area contributed by atoms with Crippen LogP contribution in [0.1, 0.15) is 28.2 Å². The summed E-state index contributed by atoms with van der Waals surface area (Å²) in [5.41, 5.74) is 0.0662. The van der Waals surface area contributed by atoms with E-state index < -0.39 is 12.1 Å². The minimum atomic E-state index is -2.77. The van der Waals surface area contributed by atoms with Crippen molar-refractivity contribution in [2.75, 3.05) is 0 Å². The third-order valence-electron chi connectivity index (χ3n) is 2.29. The Kier molecular flexibility index (Phi) is 3.22. The number of hydrogen-bond acceptors (Lipinski definition) is 3. The predicted molar refractivity (Wildman–Crippen MR) is 55.9 cm³/mol. The minimum Gasteiger partial charge on any atom is -0.296 e. The lowest BCUT2D eigenvalue weighted by Gasteiger charge is -2.05. The van der Waals surface area contributed by atoms with E-state index in [1.807, 2.05) is 6.07 Å². The normalized spacial score (nSPS) is 10.8. The Morgan fingerprint density at radius 1 is 1.29 bits per heavy atom. The number of alkyl halides is 2. The second kappa shape index (κ2) is 4.82. The topological polar surface area (TPSA) is 47.8 Å². The van der Waals surface area contributed by atoms with E-state index in [9.17, 15) is 13.6 Å².